The van der Waals surface area contributed by atoms with Crippen LogP contribution in [0, 0.1) is 0 Å². The molecule has 17 heavy (non-hydrogen) atoms. The molecule has 1 aromatic rings. The van der Waals surface area contributed by atoms with Gasteiger partial charge < -0.3 is 5.32 Å². The molecule has 0 saturated carbocycles. The Hall–Kier alpha value is -1.42. The Morgan fingerprint density at radius 1 is 1.53 bits per heavy atom. The van der Waals surface area contributed by atoms with E-state index in [0.717, 1.165) is 0 Å². The van der Waals surface area contributed by atoms with Crippen molar-refractivity contribution in [2.24, 2.45) is 5.84 Å². The first-order valence-corrected chi connectivity index (χ1v) is 5.41. The average molecular weight is 269 g/mol. The van der Waals surface area contributed by atoms with Crippen LogP contribution in [0.4, 0.5) is 23.1 Å². The zero-order valence-corrected chi connectivity index (χ0v) is 9.60. The third-order valence-corrected chi connectivity index (χ3v) is 2.58. The highest BCUT2D eigenvalue weighted by Crippen LogP contribution is 2.33. The van der Waals surface area contributed by atoms with Gasteiger partial charge in [0.2, 0.25) is 10.1 Å². The van der Waals surface area contributed by atoms with E-state index in [9.17, 15) is 18.0 Å². The molecule has 1 aromatic heterocycles. The molecule has 0 atom stereocenters. The van der Waals surface area contributed by atoms with Crippen LogP contribution in [0.2, 0.25) is 0 Å². The Balaban J connectivity index is 2.73. The minimum absolute atomic E-state index is 0.203. The fourth-order valence-electron chi connectivity index (χ4n) is 0.831. The molecule has 0 bridgehead atoms. The molecular formula is C7H10F3N5OS. The smallest absolute Gasteiger partial charge is 0.337 e. The Morgan fingerprint density at radius 2 is 2.18 bits per heavy atom. The molecule has 0 saturated heterocycles. The SMILES string of the molecule is CCCNC(=O)N(N)c1nnc(C(F)(F)F)s1. The number of urea groups is 1. The van der Waals surface area contributed by atoms with E-state index < -0.39 is 17.2 Å². The summed E-state index contributed by atoms with van der Waals surface area (Å²) in [6, 6.07) is -0.725. The molecule has 1 heterocycles. The summed E-state index contributed by atoms with van der Waals surface area (Å²) in [5, 5.41) is 7.55. The highest BCUT2D eigenvalue weighted by molar-refractivity contribution is 7.15. The maximum Gasteiger partial charge on any atom is 0.445 e. The third kappa shape index (κ3) is 3.53. The van der Waals surface area contributed by atoms with Crippen LogP contribution in [0.25, 0.3) is 0 Å². The van der Waals surface area contributed by atoms with Gasteiger partial charge in [0.1, 0.15) is 0 Å². The van der Waals surface area contributed by atoms with Gasteiger partial charge in [-0.3, -0.25) is 0 Å². The van der Waals surface area contributed by atoms with E-state index >= 15 is 0 Å². The normalized spacial score (nSPS) is 11.4. The van der Waals surface area contributed by atoms with Gasteiger partial charge in [-0.25, -0.2) is 15.6 Å². The quantitative estimate of drug-likeness (QED) is 0.493. The predicted molar refractivity (Wildman–Crippen MR) is 55.3 cm³/mol. The summed E-state index contributed by atoms with van der Waals surface area (Å²) >= 11 is 0.203. The van der Waals surface area contributed by atoms with Gasteiger partial charge in [-0.2, -0.15) is 13.2 Å². The van der Waals surface area contributed by atoms with Gasteiger partial charge in [0.05, 0.1) is 0 Å². The number of rotatable bonds is 3. The summed E-state index contributed by atoms with van der Waals surface area (Å²) in [4.78, 5) is 11.3. The maximum atomic E-state index is 12.2. The standard InChI is InChI=1S/C7H10F3N5OS/c1-2-3-12-5(16)15(11)6-14-13-4(17-6)7(8,9)10/h2-3,11H2,1H3,(H,12,16). The number of nitrogens with zero attached hydrogens (tertiary/aromatic N) is 3. The van der Waals surface area contributed by atoms with Crippen molar-refractivity contribution in [3.63, 3.8) is 0 Å². The van der Waals surface area contributed by atoms with Crippen LogP contribution in [-0.2, 0) is 6.18 Å². The number of hydrazine groups is 1. The molecule has 10 heteroatoms. The Bertz CT molecular complexity index is 393. The Labute approximate surface area is 98.6 Å². The van der Waals surface area contributed by atoms with Crippen LogP contribution in [-0.4, -0.2) is 22.8 Å². The molecule has 96 valence electrons. The van der Waals surface area contributed by atoms with Gasteiger partial charge in [0, 0.05) is 6.54 Å². The lowest BCUT2D eigenvalue weighted by atomic mass is 10.5. The second kappa shape index (κ2) is 5.27. The second-order valence-electron chi connectivity index (χ2n) is 2.99. The predicted octanol–water partition coefficient (Wildman–Crippen LogP) is 1.36. The molecule has 2 amide bonds. The fraction of sp³-hybridized carbons (Fsp3) is 0.571. The lowest BCUT2D eigenvalue weighted by molar-refractivity contribution is -0.138. The molecule has 0 aromatic carbocycles. The molecule has 0 unspecified atom stereocenters. The van der Waals surface area contributed by atoms with Crippen molar-refractivity contribution in [1.82, 2.24) is 15.5 Å². The highest BCUT2D eigenvalue weighted by Gasteiger charge is 2.36. The maximum absolute atomic E-state index is 12.2. The number of anilines is 1. The largest absolute Gasteiger partial charge is 0.445 e. The number of amides is 2. The topological polar surface area (TPSA) is 84.1 Å². The Morgan fingerprint density at radius 3 is 2.65 bits per heavy atom. The average Bonchev–Trinajstić information content (AvgIpc) is 2.73. The van der Waals surface area contributed by atoms with Gasteiger partial charge in [-0.05, 0) is 6.42 Å². The third-order valence-electron chi connectivity index (χ3n) is 1.61. The van der Waals surface area contributed by atoms with Crippen molar-refractivity contribution in [1.29, 1.82) is 0 Å². The number of carbonyl (C=O) groups is 1. The van der Waals surface area contributed by atoms with Gasteiger partial charge >= 0.3 is 12.2 Å². The molecule has 3 N–H and O–H groups in total. The van der Waals surface area contributed by atoms with Crippen LogP contribution in [0.3, 0.4) is 0 Å². The van der Waals surface area contributed by atoms with Crippen LogP contribution < -0.4 is 16.2 Å². The second-order valence-corrected chi connectivity index (χ2v) is 3.95. The van der Waals surface area contributed by atoms with E-state index in [1.807, 2.05) is 6.92 Å². The van der Waals surface area contributed by atoms with Gasteiger partial charge in [-0.1, -0.05) is 18.3 Å². The lowest BCUT2D eigenvalue weighted by Gasteiger charge is -2.12. The first-order valence-electron chi connectivity index (χ1n) is 4.59. The first kappa shape index (κ1) is 13.6. The van der Waals surface area contributed by atoms with E-state index in [1.54, 1.807) is 0 Å². The summed E-state index contributed by atoms with van der Waals surface area (Å²) in [6.07, 6.45) is -3.90. The molecule has 6 nitrogen and oxygen atoms in total. The van der Waals surface area contributed by atoms with Gasteiger partial charge in [-0.15, -0.1) is 10.2 Å². The number of alkyl halides is 3. The number of hydrogen-bond acceptors (Lipinski definition) is 5. The minimum Gasteiger partial charge on any atom is -0.337 e. The zero-order chi connectivity index (χ0) is 13.1. The molecule has 0 radical (unpaired) electrons. The van der Waals surface area contributed by atoms with Crippen LogP contribution >= 0.6 is 11.3 Å². The van der Waals surface area contributed by atoms with Crippen molar-refractivity contribution < 1.29 is 18.0 Å². The summed E-state index contributed by atoms with van der Waals surface area (Å²) in [5.41, 5.74) is 0. The zero-order valence-electron chi connectivity index (χ0n) is 8.78. The molecule has 1 rings (SSSR count). The van der Waals surface area contributed by atoms with Gasteiger partial charge in [0.25, 0.3) is 0 Å². The van der Waals surface area contributed by atoms with Crippen molar-refractivity contribution in [3.05, 3.63) is 5.01 Å². The highest BCUT2D eigenvalue weighted by atomic mass is 32.1. The number of hydrogen-bond donors (Lipinski definition) is 2. The molecule has 0 aliphatic rings. The van der Waals surface area contributed by atoms with Crippen molar-refractivity contribution in [2.45, 2.75) is 19.5 Å². The molecule has 0 aliphatic heterocycles. The van der Waals surface area contributed by atoms with E-state index in [2.05, 4.69) is 15.5 Å². The van der Waals surface area contributed by atoms with Crippen molar-refractivity contribution >= 4 is 22.5 Å². The summed E-state index contributed by atoms with van der Waals surface area (Å²) in [6.45, 7) is 2.20. The van der Waals surface area contributed by atoms with Crippen molar-refractivity contribution in [3.8, 4) is 0 Å². The first-order chi connectivity index (χ1) is 7.86. The summed E-state index contributed by atoms with van der Waals surface area (Å²) in [5.74, 6) is 5.30. The molecular weight excluding hydrogens is 259 g/mol. The van der Waals surface area contributed by atoms with Crippen molar-refractivity contribution in [2.75, 3.05) is 11.6 Å². The van der Waals surface area contributed by atoms with Gasteiger partial charge in [0.15, 0.2) is 0 Å². The molecule has 0 fully saturated rings. The van der Waals surface area contributed by atoms with Crippen LogP contribution in [0.1, 0.15) is 18.4 Å². The number of aromatic nitrogens is 2. The molecule has 0 spiro atoms. The van der Waals surface area contributed by atoms with E-state index in [4.69, 9.17) is 5.84 Å². The minimum atomic E-state index is -4.59. The number of halogens is 3. The Kier molecular flexibility index (Phi) is 4.23. The number of nitrogens with one attached hydrogen (secondary N) is 1. The van der Waals surface area contributed by atoms with Crippen LogP contribution in [0.5, 0.6) is 0 Å². The molecule has 0 aliphatic carbocycles. The van der Waals surface area contributed by atoms with E-state index in [0.29, 0.717) is 18.0 Å². The fourth-order valence-corrected chi connectivity index (χ4v) is 1.46. The monoisotopic (exact) mass is 269 g/mol. The number of carbonyl (C=O) groups excluding carboxylic acids is 1. The van der Waals surface area contributed by atoms with E-state index in [1.165, 1.54) is 0 Å². The summed E-state index contributed by atoms with van der Waals surface area (Å²) < 4.78 is 36.6. The summed E-state index contributed by atoms with van der Waals surface area (Å²) in [7, 11) is 0. The number of nitrogens with two attached hydrogens (primary N) is 1. The van der Waals surface area contributed by atoms with E-state index in [-0.39, 0.29) is 16.5 Å². The lowest BCUT2D eigenvalue weighted by Crippen LogP contribution is -2.45. The van der Waals surface area contributed by atoms with Crippen LogP contribution in [0.15, 0.2) is 0 Å².